The van der Waals surface area contributed by atoms with Crippen molar-refractivity contribution < 1.29 is 4.79 Å². The molecule has 2 aromatic carbocycles. The van der Waals surface area contributed by atoms with Crippen LogP contribution in [0, 0.1) is 0 Å². The highest BCUT2D eigenvalue weighted by molar-refractivity contribution is 7.98. The smallest absolute Gasteiger partial charge is 0.221 e. The maximum absolute atomic E-state index is 12.1. The van der Waals surface area contributed by atoms with Gasteiger partial charge in [0.1, 0.15) is 0 Å². The highest BCUT2D eigenvalue weighted by Gasteiger charge is 2.14. The van der Waals surface area contributed by atoms with Gasteiger partial charge in [-0.15, -0.1) is 0 Å². The summed E-state index contributed by atoms with van der Waals surface area (Å²) in [5.74, 6) is 1.97. The molecule has 1 unspecified atom stereocenters. The van der Waals surface area contributed by atoms with Crippen molar-refractivity contribution in [3.8, 4) is 0 Å². The number of hydrogen-bond acceptors (Lipinski definition) is 2. The number of benzene rings is 2. The van der Waals surface area contributed by atoms with Crippen LogP contribution in [0.1, 0.15) is 48.1 Å². The Morgan fingerprint density at radius 2 is 1.92 bits per heavy atom. The van der Waals surface area contributed by atoms with Gasteiger partial charge in [0.05, 0.1) is 6.04 Å². The number of carbonyl (C=O) groups is 1. The average molecular weight is 340 g/mol. The van der Waals surface area contributed by atoms with Crippen molar-refractivity contribution in [1.82, 2.24) is 5.32 Å². The summed E-state index contributed by atoms with van der Waals surface area (Å²) in [6.07, 6.45) is 4.22. The Balaban J connectivity index is 1.41. The molecule has 1 aliphatic carbocycles. The lowest BCUT2D eigenvalue weighted by Crippen LogP contribution is -2.26. The lowest BCUT2D eigenvalue weighted by molar-refractivity contribution is -0.121. The van der Waals surface area contributed by atoms with Crippen molar-refractivity contribution in [2.24, 2.45) is 0 Å². The standard InChI is InChI=1S/C21H25NOS/c1-16(19-11-10-18-8-5-9-20(18)14-19)22-21(23)12-13-24-15-17-6-3-2-4-7-17/h2-4,6-7,10-11,14,16H,5,8-9,12-13,15H2,1H3,(H,22,23). The van der Waals surface area contributed by atoms with Crippen LogP contribution in [0.4, 0.5) is 0 Å². The predicted octanol–water partition coefficient (Wildman–Crippen LogP) is 4.68. The number of aryl methyl sites for hydroxylation is 2. The molecule has 1 amide bonds. The van der Waals surface area contributed by atoms with Gasteiger partial charge in [0, 0.05) is 17.9 Å². The van der Waals surface area contributed by atoms with Gasteiger partial charge in [0.25, 0.3) is 0 Å². The summed E-state index contributed by atoms with van der Waals surface area (Å²) in [6, 6.07) is 17.2. The zero-order valence-corrected chi connectivity index (χ0v) is 15.1. The molecule has 0 aliphatic heterocycles. The molecule has 1 aliphatic rings. The third-order valence-corrected chi connectivity index (χ3v) is 5.62. The zero-order valence-electron chi connectivity index (χ0n) is 14.3. The quantitative estimate of drug-likeness (QED) is 0.742. The normalized spacial score (nSPS) is 14.2. The molecule has 126 valence electrons. The summed E-state index contributed by atoms with van der Waals surface area (Å²) in [7, 11) is 0. The number of thioether (sulfide) groups is 1. The molecule has 0 aromatic heterocycles. The Labute approximate surface area is 149 Å². The van der Waals surface area contributed by atoms with E-state index in [1.165, 1.54) is 41.5 Å². The fraction of sp³-hybridized carbons (Fsp3) is 0.381. The Bertz CT molecular complexity index is 683. The fourth-order valence-corrected chi connectivity index (χ4v) is 4.09. The van der Waals surface area contributed by atoms with E-state index in [2.05, 4.69) is 54.7 Å². The van der Waals surface area contributed by atoms with E-state index in [9.17, 15) is 4.79 Å². The topological polar surface area (TPSA) is 29.1 Å². The van der Waals surface area contributed by atoms with E-state index >= 15 is 0 Å². The Hall–Kier alpha value is -1.74. The van der Waals surface area contributed by atoms with E-state index in [0.717, 1.165) is 11.5 Å². The third kappa shape index (κ3) is 4.64. The van der Waals surface area contributed by atoms with Gasteiger partial charge in [-0.05, 0) is 48.4 Å². The van der Waals surface area contributed by atoms with E-state index in [1.807, 2.05) is 17.8 Å². The molecule has 0 spiro atoms. The van der Waals surface area contributed by atoms with Crippen LogP contribution in [0.25, 0.3) is 0 Å². The first-order chi connectivity index (χ1) is 11.7. The van der Waals surface area contributed by atoms with E-state index < -0.39 is 0 Å². The van der Waals surface area contributed by atoms with E-state index in [0.29, 0.717) is 6.42 Å². The Morgan fingerprint density at radius 3 is 2.75 bits per heavy atom. The van der Waals surface area contributed by atoms with Crippen molar-refractivity contribution in [2.75, 3.05) is 5.75 Å². The zero-order chi connectivity index (χ0) is 16.8. The number of carbonyl (C=O) groups excluding carboxylic acids is 1. The lowest BCUT2D eigenvalue weighted by Gasteiger charge is -2.15. The lowest BCUT2D eigenvalue weighted by atomic mass is 10.0. The van der Waals surface area contributed by atoms with Gasteiger partial charge in [-0.1, -0.05) is 48.5 Å². The minimum atomic E-state index is 0.0857. The highest BCUT2D eigenvalue weighted by Crippen LogP contribution is 2.25. The fourth-order valence-electron chi connectivity index (χ4n) is 3.19. The largest absolute Gasteiger partial charge is 0.350 e. The van der Waals surface area contributed by atoms with Crippen LogP contribution >= 0.6 is 11.8 Å². The summed E-state index contributed by atoms with van der Waals surface area (Å²) in [4.78, 5) is 12.1. The van der Waals surface area contributed by atoms with Crippen LogP contribution in [0.5, 0.6) is 0 Å². The molecular weight excluding hydrogens is 314 g/mol. The summed E-state index contributed by atoms with van der Waals surface area (Å²) in [5, 5.41) is 3.13. The van der Waals surface area contributed by atoms with Gasteiger partial charge < -0.3 is 5.32 Å². The predicted molar refractivity (Wildman–Crippen MR) is 102 cm³/mol. The van der Waals surface area contributed by atoms with Crippen molar-refractivity contribution in [2.45, 2.75) is 44.4 Å². The number of hydrogen-bond donors (Lipinski definition) is 1. The van der Waals surface area contributed by atoms with Crippen LogP contribution in [-0.4, -0.2) is 11.7 Å². The summed E-state index contributed by atoms with van der Waals surface area (Å²) < 4.78 is 0. The van der Waals surface area contributed by atoms with Crippen LogP contribution in [0.3, 0.4) is 0 Å². The first-order valence-corrected chi connectivity index (χ1v) is 9.90. The van der Waals surface area contributed by atoms with E-state index in [-0.39, 0.29) is 11.9 Å². The molecule has 2 nitrogen and oxygen atoms in total. The SMILES string of the molecule is CC(NC(=O)CCSCc1ccccc1)c1ccc2c(c1)CCC2. The Kier molecular flexibility index (Phi) is 5.97. The van der Waals surface area contributed by atoms with Crippen LogP contribution < -0.4 is 5.32 Å². The molecule has 3 heteroatoms. The van der Waals surface area contributed by atoms with Crippen LogP contribution in [0.2, 0.25) is 0 Å². The van der Waals surface area contributed by atoms with Gasteiger partial charge in [0.15, 0.2) is 0 Å². The molecule has 24 heavy (non-hydrogen) atoms. The van der Waals surface area contributed by atoms with Crippen molar-refractivity contribution in [3.05, 3.63) is 70.8 Å². The number of rotatable bonds is 7. The molecular formula is C21H25NOS. The van der Waals surface area contributed by atoms with Gasteiger partial charge >= 0.3 is 0 Å². The average Bonchev–Trinajstić information content (AvgIpc) is 3.07. The molecule has 0 radical (unpaired) electrons. The molecule has 2 aromatic rings. The van der Waals surface area contributed by atoms with Crippen molar-refractivity contribution in [1.29, 1.82) is 0 Å². The minimum absolute atomic E-state index is 0.0857. The van der Waals surface area contributed by atoms with Gasteiger partial charge in [0.2, 0.25) is 5.91 Å². The maximum Gasteiger partial charge on any atom is 0.221 e. The summed E-state index contributed by atoms with van der Waals surface area (Å²) >= 11 is 1.81. The van der Waals surface area contributed by atoms with Crippen LogP contribution in [0.15, 0.2) is 48.5 Å². The minimum Gasteiger partial charge on any atom is -0.350 e. The second kappa shape index (κ2) is 8.39. The molecule has 0 fully saturated rings. The summed E-state index contributed by atoms with van der Waals surface area (Å²) in [6.45, 7) is 2.08. The molecule has 3 rings (SSSR count). The third-order valence-electron chi connectivity index (χ3n) is 4.59. The highest BCUT2D eigenvalue weighted by atomic mass is 32.2. The number of fused-ring (bicyclic) bond motifs is 1. The van der Waals surface area contributed by atoms with Gasteiger partial charge in [-0.25, -0.2) is 0 Å². The van der Waals surface area contributed by atoms with E-state index in [1.54, 1.807) is 0 Å². The van der Waals surface area contributed by atoms with Crippen molar-refractivity contribution >= 4 is 17.7 Å². The number of amides is 1. The van der Waals surface area contributed by atoms with Gasteiger partial charge in [-0.3, -0.25) is 4.79 Å². The van der Waals surface area contributed by atoms with Crippen LogP contribution in [-0.2, 0) is 23.4 Å². The van der Waals surface area contributed by atoms with Crippen molar-refractivity contribution in [3.63, 3.8) is 0 Å². The second-order valence-electron chi connectivity index (χ2n) is 6.46. The Morgan fingerprint density at radius 1 is 1.12 bits per heavy atom. The molecule has 0 saturated carbocycles. The van der Waals surface area contributed by atoms with E-state index in [4.69, 9.17) is 0 Å². The molecule has 0 bridgehead atoms. The molecule has 0 heterocycles. The maximum atomic E-state index is 12.1. The number of nitrogens with one attached hydrogen (secondary N) is 1. The van der Waals surface area contributed by atoms with Gasteiger partial charge in [-0.2, -0.15) is 11.8 Å². The second-order valence-corrected chi connectivity index (χ2v) is 7.56. The molecule has 1 N–H and O–H groups in total. The molecule has 0 saturated heterocycles. The summed E-state index contributed by atoms with van der Waals surface area (Å²) in [5.41, 5.74) is 5.48. The first-order valence-electron chi connectivity index (χ1n) is 8.75. The molecule has 1 atom stereocenters. The monoisotopic (exact) mass is 339 g/mol. The first kappa shape index (κ1) is 17.1.